The lowest BCUT2D eigenvalue weighted by molar-refractivity contribution is -0.138. The average Bonchev–Trinajstić information content (AvgIpc) is 2.89. The highest BCUT2D eigenvalue weighted by Gasteiger charge is 2.36. The van der Waals surface area contributed by atoms with Crippen LogP contribution in [0.1, 0.15) is 11.1 Å². The van der Waals surface area contributed by atoms with Gasteiger partial charge in [-0.3, -0.25) is 9.69 Å². The minimum absolute atomic E-state index is 0.0306. The van der Waals surface area contributed by atoms with Gasteiger partial charge < -0.3 is 14.4 Å². The van der Waals surface area contributed by atoms with Crippen molar-refractivity contribution in [3.63, 3.8) is 0 Å². The lowest BCUT2D eigenvalue weighted by atomic mass is 10.2. The third kappa shape index (κ3) is 7.35. The van der Waals surface area contributed by atoms with Crippen molar-refractivity contribution in [2.45, 2.75) is 17.9 Å². The first-order chi connectivity index (χ1) is 18.3. The molecule has 8 nitrogen and oxygen atoms in total. The van der Waals surface area contributed by atoms with E-state index < -0.39 is 16.1 Å². The molecule has 1 amide bonds. The Hall–Kier alpha value is -1.98. The molecule has 2 saturated heterocycles. The van der Waals surface area contributed by atoms with Crippen molar-refractivity contribution in [2.24, 2.45) is 0 Å². The van der Waals surface area contributed by atoms with E-state index in [-0.39, 0.29) is 48.8 Å². The van der Waals surface area contributed by atoms with Crippen LogP contribution in [0.15, 0.2) is 53.4 Å². The lowest BCUT2D eigenvalue weighted by Gasteiger charge is -2.36. The topological polar surface area (TPSA) is 79.4 Å². The molecule has 0 bridgehead atoms. The summed E-state index contributed by atoms with van der Waals surface area (Å²) < 4.78 is 39.6. The third-order valence-electron chi connectivity index (χ3n) is 6.67. The van der Waals surface area contributed by atoms with Crippen LogP contribution in [0, 0.1) is 6.92 Å². The fraction of sp³-hybridized carbons (Fsp3) is 0.444. The van der Waals surface area contributed by atoms with Gasteiger partial charge in [0.05, 0.1) is 30.9 Å². The van der Waals surface area contributed by atoms with Crippen LogP contribution in [0.3, 0.4) is 0 Å². The Balaban J connectivity index is 1.26. The molecule has 0 radical (unpaired) electrons. The van der Waals surface area contributed by atoms with Gasteiger partial charge in [-0.1, -0.05) is 65.7 Å². The summed E-state index contributed by atoms with van der Waals surface area (Å²) in [6.45, 7) is 5.86. The third-order valence-corrected chi connectivity index (χ3v) is 9.45. The maximum Gasteiger partial charge on any atom is 0.248 e. The zero-order chi connectivity index (χ0) is 27.1. The van der Waals surface area contributed by atoms with E-state index in [0.29, 0.717) is 23.7 Å². The molecule has 0 aliphatic carbocycles. The molecule has 0 spiro atoms. The fourth-order valence-electron chi connectivity index (χ4n) is 4.68. The summed E-state index contributed by atoms with van der Waals surface area (Å²) >= 11 is 12.3. The molecule has 2 aromatic carbocycles. The molecule has 0 N–H and O–H groups in total. The second-order valence-electron chi connectivity index (χ2n) is 9.39. The van der Waals surface area contributed by atoms with Gasteiger partial charge in [0.1, 0.15) is 11.5 Å². The van der Waals surface area contributed by atoms with E-state index in [9.17, 15) is 13.2 Å². The van der Waals surface area contributed by atoms with Gasteiger partial charge in [0, 0.05) is 44.3 Å². The van der Waals surface area contributed by atoms with Crippen LogP contribution >= 0.6 is 23.2 Å². The van der Waals surface area contributed by atoms with Crippen molar-refractivity contribution in [1.82, 2.24) is 14.1 Å². The highest BCUT2D eigenvalue weighted by Crippen LogP contribution is 2.32. The summed E-state index contributed by atoms with van der Waals surface area (Å²) in [5.41, 5.74) is 1.64. The van der Waals surface area contributed by atoms with Crippen LogP contribution in [0.25, 0.3) is 6.08 Å². The van der Waals surface area contributed by atoms with Gasteiger partial charge in [-0.15, -0.1) is 0 Å². The number of benzene rings is 2. The number of rotatable bonds is 9. The van der Waals surface area contributed by atoms with Crippen molar-refractivity contribution in [3.8, 4) is 0 Å². The number of halogens is 2. The Labute approximate surface area is 234 Å². The van der Waals surface area contributed by atoms with E-state index in [1.807, 2.05) is 18.2 Å². The molecule has 0 unspecified atom stereocenters. The summed E-state index contributed by atoms with van der Waals surface area (Å²) in [6, 6.07) is 12.6. The number of hydrogen-bond donors (Lipinski definition) is 0. The number of hydrogen-bond acceptors (Lipinski definition) is 6. The first-order valence-corrected chi connectivity index (χ1v) is 14.8. The summed E-state index contributed by atoms with van der Waals surface area (Å²) in [5.74, 6) is -0.104. The number of morpholine rings is 1. The van der Waals surface area contributed by atoms with Crippen molar-refractivity contribution in [2.75, 3.05) is 65.7 Å². The number of ether oxygens (including phenoxy) is 2. The van der Waals surface area contributed by atoms with E-state index >= 15 is 0 Å². The molecule has 2 aliphatic rings. The van der Waals surface area contributed by atoms with Gasteiger partial charge in [0.15, 0.2) is 0 Å². The molecule has 2 fully saturated rings. The van der Waals surface area contributed by atoms with Gasteiger partial charge in [-0.05, 0) is 30.2 Å². The van der Waals surface area contributed by atoms with Gasteiger partial charge in [0.25, 0.3) is 0 Å². The summed E-state index contributed by atoms with van der Waals surface area (Å²) in [5, 5.41) is 0.447. The second-order valence-corrected chi connectivity index (χ2v) is 12.1. The second kappa shape index (κ2) is 13.4. The minimum Gasteiger partial charge on any atom is -0.378 e. The first-order valence-electron chi connectivity index (χ1n) is 12.6. The Morgan fingerprint density at radius 3 is 2.55 bits per heavy atom. The first kappa shape index (κ1) is 29.0. The molecule has 4 rings (SSSR count). The van der Waals surface area contributed by atoms with Crippen LogP contribution in [-0.2, 0) is 24.3 Å². The molecule has 2 aromatic rings. The zero-order valence-corrected chi connectivity index (χ0v) is 23.7. The molecular weight excluding hydrogens is 549 g/mol. The number of amides is 1. The molecule has 206 valence electrons. The van der Waals surface area contributed by atoms with E-state index in [0.717, 1.165) is 19.6 Å². The highest BCUT2D eigenvalue weighted by atomic mass is 35.5. The Morgan fingerprint density at radius 2 is 1.84 bits per heavy atom. The fourth-order valence-corrected chi connectivity index (χ4v) is 7.40. The van der Waals surface area contributed by atoms with Crippen molar-refractivity contribution < 1.29 is 22.7 Å². The lowest BCUT2D eigenvalue weighted by Crippen LogP contribution is -2.52. The maximum absolute atomic E-state index is 13.5. The quantitative estimate of drug-likeness (QED) is 0.450. The van der Waals surface area contributed by atoms with Gasteiger partial charge in [0.2, 0.25) is 15.9 Å². The standard InChI is InChI=1S/C27H33Cl2N3O5S/c1-21-16-23(28)17-25(29)27(21)38(34,35)32-14-15-36-18-24(32)19-37-20-26(33)31-12-10-30(11-13-31)9-5-8-22-6-3-2-4-7-22/h2-8,16-17,24H,9-15,18-20H2,1H3/t24-/m0/s1. The van der Waals surface area contributed by atoms with E-state index in [1.165, 1.54) is 15.9 Å². The molecule has 2 aliphatic heterocycles. The summed E-state index contributed by atoms with van der Waals surface area (Å²) in [4.78, 5) is 16.9. The average molecular weight is 583 g/mol. The number of aryl methyl sites for hydroxylation is 1. The van der Waals surface area contributed by atoms with Crippen molar-refractivity contribution in [3.05, 3.63) is 69.7 Å². The Bertz CT molecular complexity index is 1210. The maximum atomic E-state index is 13.5. The molecule has 2 heterocycles. The number of nitrogens with zero attached hydrogens (tertiary/aromatic N) is 3. The smallest absolute Gasteiger partial charge is 0.248 e. The highest BCUT2D eigenvalue weighted by molar-refractivity contribution is 7.89. The summed E-state index contributed by atoms with van der Waals surface area (Å²) in [7, 11) is -3.92. The number of sulfonamides is 1. The number of carbonyl (C=O) groups excluding carboxylic acids is 1. The Kier molecular flexibility index (Phi) is 10.2. The van der Waals surface area contributed by atoms with Gasteiger partial charge in [-0.2, -0.15) is 4.31 Å². The monoisotopic (exact) mass is 581 g/mol. The van der Waals surface area contributed by atoms with E-state index in [4.69, 9.17) is 32.7 Å². The van der Waals surface area contributed by atoms with E-state index in [1.54, 1.807) is 17.9 Å². The SMILES string of the molecule is Cc1cc(Cl)cc(Cl)c1S(=O)(=O)N1CCOC[C@H]1COCC(=O)N1CCN(CC=Cc2ccccc2)CC1. The molecular formula is C27H33Cl2N3O5S. The van der Waals surface area contributed by atoms with Crippen LogP contribution in [0.5, 0.6) is 0 Å². The minimum atomic E-state index is -3.92. The number of carbonyl (C=O) groups is 1. The van der Waals surface area contributed by atoms with Crippen LogP contribution in [0.2, 0.25) is 10.0 Å². The van der Waals surface area contributed by atoms with Gasteiger partial charge in [-0.25, -0.2) is 8.42 Å². The van der Waals surface area contributed by atoms with Crippen molar-refractivity contribution >= 4 is 45.2 Å². The molecule has 0 aromatic heterocycles. The number of piperazine rings is 1. The zero-order valence-electron chi connectivity index (χ0n) is 21.4. The molecule has 38 heavy (non-hydrogen) atoms. The molecule has 11 heteroatoms. The largest absolute Gasteiger partial charge is 0.378 e. The summed E-state index contributed by atoms with van der Waals surface area (Å²) in [6.07, 6.45) is 4.24. The van der Waals surface area contributed by atoms with Crippen LogP contribution in [0.4, 0.5) is 0 Å². The van der Waals surface area contributed by atoms with Crippen LogP contribution < -0.4 is 0 Å². The molecule has 0 saturated carbocycles. The van der Waals surface area contributed by atoms with Gasteiger partial charge >= 0.3 is 0 Å². The predicted molar refractivity (Wildman–Crippen MR) is 149 cm³/mol. The normalized spacial score (nSPS) is 19.8. The van der Waals surface area contributed by atoms with E-state index in [2.05, 4.69) is 29.2 Å². The van der Waals surface area contributed by atoms with Crippen molar-refractivity contribution in [1.29, 1.82) is 0 Å². The predicted octanol–water partition coefficient (Wildman–Crippen LogP) is 3.57. The molecule has 1 atom stereocenters. The Morgan fingerprint density at radius 1 is 1.11 bits per heavy atom. The van der Waals surface area contributed by atoms with Crippen LogP contribution in [-0.4, -0.2) is 100 Å².